The standard InChI is InChI=1S/C25H31NO8/c1-16(28)26-21-23(30-13-17-8-4-2-5-9-17)22-20(33-25(21)31-14-19(29)12-27)15-32-24(34-22)18-10-6-3-7-11-18/h2-11,19-25,27,29H,12-15H2,1H3,(H,26,28)/t19-,20-,21-,22-,23-,24-,25-/m1/s1. The first-order valence-electron chi connectivity index (χ1n) is 11.4. The largest absolute Gasteiger partial charge is 0.394 e. The van der Waals surface area contributed by atoms with E-state index in [2.05, 4.69) is 5.32 Å². The second-order valence-electron chi connectivity index (χ2n) is 8.38. The van der Waals surface area contributed by atoms with Gasteiger partial charge in [0.15, 0.2) is 12.6 Å². The fraction of sp³-hybridized carbons (Fsp3) is 0.480. The van der Waals surface area contributed by atoms with Gasteiger partial charge in [0.25, 0.3) is 0 Å². The van der Waals surface area contributed by atoms with Gasteiger partial charge in [-0.2, -0.15) is 0 Å². The lowest BCUT2D eigenvalue weighted by molar-refractivity contribution is -0.350. The first-order chi connectivity index (χ1) is 16.5. The first kappa shape index (κ1) is 24.7. The second-order valence-corrected chi connectivity index (χ2v) is 8.38. The highest BCUT2D eigenvalue weighted by molar-refractivity contribution is 5.73. The van der Waals surface area contributed by atoms with Crippen LogP contribution in [0.5, 0.6) is 0 Å². The number of amides is 1. The molecule has 2 aromatic carbocycles. The van der Waals surface area contributed by atoms with Crippen molar-refractivity contribution < 1.29 is 38.7 Å². The number of hydrogen-bond donors (Lipinski definition) is 3. The minimum atomic E-state index is -1.08. The molecule has 2 fully saturated rings. The summed E-state index contributed by atoms with van der Waals surface area (Å²) in [6.45, 7) is 1.29. The van der Waals surface area contributed by atoms with Crippen LogP contribution in [0.25, 0.3) is 0 Å². The molecule has 4 rings (SSSR count). The highest BCUT2D eigenvalue weighted by atomic mass is 16.8. The van der Waals surface area contributed by atoms with Gasteiger partial charge in [-0.15, -0.1) is 0 Å². The zero-order valence-corrected chi connectivity index (χ0v) is 19.0. The van der Waals surface area contributed by atoms with E-state index in [1.807, 2.05) is 60.7 Å². The monoisotopic (exact) mass is 473 g/mol. The van der Waals surface area contributed by atoms with Crippen LogP contribution in [0.4, 0.5) is 0 Å². The van der Waals surface area contributed by atoms with Crippen LogP contribution in [0.3, 0.4) is 0 Å². The van der Waals surface area contributed by atoms with E-state index in [1.165, 1.54) is 6.92 Å². The maximum Gasteiger partial charge on any atom is 0.217 e. The van der Waals surface area contributed by atoms with E-state index in [0.717, 1.165) is 11.1 Å². The summed E-state index contributed by atoms with van der Waals surface area (Å²) in [7, 11) is 0. The normalized spacial score (nSPS) is 29.7. The van der Waals surface area contributed by atoms with Gasteiger partial charge in [-0.3, -0.25) is 4.79 Å². The van der Waals surface area contributed by atoms with E-state index in [4.69, 9.17) is 28.8 Å². The summed E-state index contributed by atoms with van der Waals surface area (Å²) in [5.41, 5.74) is 1.83. The minimum Gasteiger partial charge on any atom is -0.394 e. The van der Waals surface area contributed by atoms with Gasteiger partial charge in [0.05, 0.1) is 26.4 Å². The van der Waals surface area contributed by atoms with Gasteiger partial charge in [-0.1, -0.05) is 60.7 Å². The third kappa shape index (κ3) is 6.19. The Kier molecular flexibility index (Phi) is 8.63. The lowest BCUT2D eigenvalue weighted by Crippen LogP contribution is -2.67. The highest BCUT2D eigenvalue weighted by Crippen LogP contribution is 2.36. The number of fused-ring (bicyclic) bond motifs is 1. The molecule has 2 aromatic rings. The number of rotatable bonds is 9. The number of nitrogens with one attached hydrogen (secondary N) is 1. The molecular weight excluding hydrogens is 442 g/mol. The van der Waals surface area contributed by atoms with Crippen LogP contribution in [-0.2, 0) is 35.1 Å². The van der Waals surface area contributed by atoms with Crippen molar-refractivity contribution in [3.63, 3.8) is 0 Å². The van der Waals surface area contributed by atoms with Gasteiger partial charge in [-0.05, 0) is 5.56 Å². The Morgan fingerprint density at radius 2 is 1.79 bits per heavy atom. The van der Waals surface area contributed by atoms with Crippen LogP contribution in [0.2, 0.25) is 0 Å². The Bertz CT molecular complexity index is 898. The zero-order chi connectivity index (χ0) is 23.9. The number of aliphatic hydroxyl groups is 2. The first-order valence-corrected chi connectivity index (χ1v) is 11.4. The predicted octanol–water partition coefficient (Wildman–Crippen LogP) is 1.29. The van der Waals surface area contributed by atoms with E-state index in [-0.39, 0.29) is 25.7 Å². The van der Waals surface area contributed by atoms with Crippen molar-refractivity contribution >= 4 is 5.91 Å². The Labute approximate surface area is 198 Å². The molecule has 34 heavy (non-hydrogen) atoms. The molecule has 0 radical (unpaired) electrons. The lowest BCUT2D eigenvalue weighted by Gasteiger charge is -2.49. The topological polar surface area (TPSA) is 116 Å². The average Bonchev–Trinajstić information content (AvgIpc) is 2.87. The second kappa shape index (κ2) is 11.9. The van der Waals surface area contributed by atoms with Crippen LogP contribution in [0.1, 0.15) is 24.3 Å². The quantitative estimate of drug-likeness (QED) is 0.499. The number of carbonyl (C=O) groups excluding carboxylic acids is 1. The van der Waals surface area contributed by atoms with Crippen molar-refractivity contribution in [2.24, 2.45) is 0 Å². The van der Waals surface area contributed by atoms with Gasteiger partial charge in [0.1, 0.15) is 30.5 Å². The van der Waals surface area contributed by atoms with Gasteiger partial charge >= 0.3 is 0 Å². The maximum absolute atomic E-state index is 12.1. The highest BCUT2D eigenvalue weighted by Gasteiger charge is 2.51. The van der Waals surface area contributed by atoms with Crippen molar-refractivity contribution in [2.75, 3.05) is 19.8 Å². The molecule has 3 N–H and O–H groups in total. The Balaban J connectivity index is 1.58. The molecule has 2 aliphatic heterocycles. The molecule has 7 atom stereocenters. The molecule has 0 unspecified atom stereocenters. The number of hydrogen-bond acceptors (Lipinski definition) is 8. The number of ether oxygens (including phenoxy) is 5. The number of benzene rings is 2. The Morgan fingerprint density at radius 1 is 1.09 bits per heavy atom. The lowest BCUT2D eigenvalue weighted by atomic mass is 9.95. The molecule has 0 bridgehead atoms. The van der Waals surface area contributed by atoms with Crippen LogP contribution in [0, 0.1) is 0 Å². The Morgan fingerprint density at radius 3 is 2.47 bits per heavy atom. The number of carbonyl (C=O) groups is 1. The zero-order valence-electron chi connectivity index (χ0n) is 19.0. The summed E-state index contributed by atoms with van der Waals surface area (Å²) >= 11 is 0. The minimum absolute atomic E-state index is 0.172. The molecular formula is C25H31NO8. The van der Waals surface area contributed by atoms with Crippen LogP contribution in [-0.4, -0.2) is 72.7 Å². The predicted molar refractivity (Wildman–Crippen MR) is 120 cm³/mol. The van der Waals surface area contributed by atoms with E-state index in [9.17, 15) is 9.90 Å². The fourth-order valence-electron chi connectivity index (χ4n) is 4.11. The molecule has 0 saturated carbocycles. The van der Waals surface area contributed by atoms with Crippen LogP contribution in [0.15, 0.2) is 60.7 Å². The van der Waals surface area contributed by atoms with Crippen LogP contribution >= 0.6 is 0 Å². The van der Waals surface area contributed by atoms with Crippen molar-refractivity contribution in [3.8, 4) is 0 Å². The summed E-state index contributed by atoms with van der Waals surface area (Å²) in [5, 5.41) is 21.8. The van der Waals surface area contributed by atoms with E-state index in [1.54, 1.807) is 0 Å². The van der Waals surface area contributed by atoms with E-state index in [0.29, 0.717) is 0 Å². The number of aliphatic hydroxyl groups excluding tert-OH is 2. The maximum atomic E-state index is 12.1. The van der Waals surface area contributed by atoms with Crippen LogP contribution < -0.4 is 5.32 Å². The van der Waals surface area contributed by atoms with Crippen molar-refractivity contribution in [2.45, 2.75) is 56.6 Å². The molecule has 9 heteroatoms. The molecule has 2 saturated heterocycles. The van der Waals surface area contributed by atoms with Gasteiger partial charge in [0.2, 0.25) is 5.91 Å². The molecule has 1 amide bonds. The smallest absolute Gasteiger partial charge is 0.217 e. The van der Waals surface area contributed by atoms with Crippen molar-refractivity contribution in [1.82, 2.24) is 5.32 Å². The average molecular weight is 474 g/mol. The van der Waals surface area contributed by atoms with E-state index < -0.39 is 49.6 Å². The molecule has 9 nitrogen and oxygen atoms in total. The summed E-state index contributed by atoms with van der Waals surface area (Å²) in [6, 6.07) is 18.5. The molecule has 0 spiro atoms. The summed E-state index contributed by atoms with van der Waals surface area (Å²) in [5.74, 6) is -0.289. The van der Waals surface area contributed by atoms with Gasteiger partial charge < -0.3 is 39.2 Å². The molecule has 0 aliphatic carbocycles. The Hall–Kier alpha value is -2.37. The summed E-state index contributed by atoms with van der Waals surface area (Å²) in [4.78, 5) is 12.1. The molecule has 184 valence electrons. The molecule has 2 aliphatic rings. The van der Waals surface area contributed by atoms with Crippen molar-refractivity contribution in [1.29, 1.82) is 0 Å². The molecule has 0 aromatic heterocycles. The molecule has 2 heterocycles. The SMILES string of the molecule is CC(=O)N[C@H]1[C@H](OC[C@H](O)CO)O[C@@H]2CO[C@@H](c3ccccc3)O[C@H]2[C@@H]1OCc1ccccc1. The van der Waals surface area contributed by atoms with Gasteiger partial charge in [-0.25, -0.2) is 0 Å². The fourth-order valence-corrected chi connectivity index (χ4v) is 4.11. The third-order valence-electron chi connectivity index (χ3n) is 5.73. The summed E-state index contributed by atoms with van der Waals surface area (Å²) < 4.78 is 30.4. The third-order valence-corrected chi connectivity index (χ3v) is 5.73. The summed E-state index contributed by atoms with van der Waals surface area (Å²) in [6.07, 6.45) is -4.34. The van der Waals surface area contributed by atoms with Crippen molar-refractivity contribution in [3.05, 3.63) is 71.8 Å². The van der Waals surface area contributed by atoms with E-state index >= 15 is 0 Å². The van der Waals surface area contributed by atoms with Gasteiger partial charge in [0, 0.05) is 12.5 Å².